The molecule has 0 atom stereocenters. The molecule has 0 aliphatic carbocycles. The Balaban J connectivity index is 1.57. The molecule has 8 heteroatoms. The summed E-state index contributed by atoms with van der Waals surface area (Å²) in [6, 6.07) is 12.2. The van der Waals surface area contributed by atoms with Gasteiger partial charge < -0.3 is 19.7 Å². The van der Waals surface area contributed by atoms with Gasteiger partial charge >= 0.3 is 0 Å². The Labute approximate surface area is 183 Å². The van der Waals surface area contributed by atoms with Gasteiger partial charge in [0.2, 0.25) is 0 Å². The van der Waals surface area contributed by atoms with Crippen molar-refractivity contribution in [2.24, 2.45) is 0 Å². The van der Waals surface area contributed by atoms with Crippen molar-refractivity contribution in [1.82, 2.24) is 9.97 Å². The van der Waals surface area contributed by atoms with Crippen molar-refractivity contribution in [3.8, 4) is 16.2 Å². The molecule has 5 rings (SSSR count). The molecule has 4 aromatic rings. The van der Waals surface area contributed by atoms with Crippen molar-refractivity contribution in [2.75, 3.05) is 38.7 Å². The Bertz CT molecular complexity index is 1140. The van der Waals surface area contributed by atoms with E-state index in [1.54, 1.807) is 29.8 Å². The molecule has 3 aromatic heterocycles. The highest BCUT2D eigenvalue weighted by Gasteiger charge is 2.20. The number of benzene rings is 1. The van der Waals surface area contributed by atoms with E-state index in [-0.39, 0.29) is 0 Å². The minimum Gasteiger partial charge on any atom is -0.497 e. The van der Waals surface area contributed by atoms with Crippen LogP contribution in [0.1, 0.15) is 5.82 Å². The highest BCUT2D eigenvalue weighted by molar-refractivity contribution is 7.18. The van der Waals surface area contributed by atoms with Crippen LogP contribution in [0.15, 0.2) is 47.2 Å². The van der Waals surface area contributed by atoms with E-state index in [2.05, 4.69) is 28.2 Å². The Morgan fingerprint density at radius 3 is 2.83 bits per heavy atom. The molecule has 1 fully saturated rings. The van der Waals surface area contributed by atoms with Gasteiger partial charge in [0.1, 0.15) is 36.0 Å². The zero-order valence-electron chi connectivity index (χ0n) is 16.7. The number of morpholine rings is 1. The first-order chi connectivity index (χ1) is 14.8. The fraction of sp³-hybridized carbons (Fsp3) is 0.273. The number of hydrogen-bond acceptors (Lipinski definition) is 7. The second kappa shape index (κ2) is 8.69. The Kier molecular flexibility index (Phi) is 5.63. The molecule has 154 valence electrons. The van der Waals surface area contributed by atoms with Crippen LogP contribution in [0, 0.1) is 0 Å². The molecule has 1 aromatic carbocycles. The second-order valence-corrected chi connectivity index (χ2v) is 9.00. The van der Waals surface area contributed by atoms with Gasteiger partial charge in [-0.3, -0.25) is 0 Å². The molecule has 1 aliphatic rings. The van der Waals surface area contributed by atoms with E-state index in [1.165, 1.54) is 15.3 Å². The van der Waals surface area contributed by atoms with Gasteiger partial charge in [-0.25, -0.2) is 9.97 Å². The molecule has 1 saturated heterocycles. The number of anilines is 2. The standard InChI is InChI=1S/C22H22N4O2S2/c1-27-16-5-2-4-15(12-16)23-21-20-17(18-6-3-11-29-18)14-30-22(20)25-19(24-21)13-26-7-9-28-10-8-26/h2-6,11-12,14H,7-10,13H2,1H3,(H,23,24,25)/p+1. The zero-order chi connectivity index (χ0) is 20.3. The van der Waals surface area contributed by atoms with Crippen molar-refractivity contribution < 1.29 is 14.4 Å². The maximum absolute atomic E-state index is 5.49. The van der Waals surface area contributed by atoms with Crippen molar-refractivity contribution >= 4 is 44.4 Å². The first-order valence-corrected chi connectivity index (χ1v) is 11.7. The third-order valence-electron chi connectivity index (χ3n) is 5.21. The van der Waals surface area contributed by atoms with Gasteiger partial charge in [0.15, 0.2) is 5.82 Å². The van der Waals surface area contributed by atoms with Crippen LogP contribution in [-0.2, 0) is 11.3 Å². The smallest absolute Gasteiger partial charge is 0.187 e. The number of quaternary nitrogens is 1. The summed E-state index contributed by atoms with van der Waals surface area (Å²) in [7, 11) is 1.68. The van der Waals surface area contributed by atoms with Crippen LogP contribution >= 0.6 is 22.7 Å². The first kappa shape index (κ1) is 19.4. The lowest BCUT2D eigenvalue weighted by Gasteiger charge is -2.23. The lowest BCUT2D eigenvalue weighted by Crippen LogP contribution is -3.12. The fourth-order valence-corrected chi connectivity index (χ4v) is 5.45. The molecule has 6 nitrogen and oxygen atoms in total. The van der Waals surface area contributed by atoms with Crippen molar-refractivity contribution in [3.63, 3.8) is 0 Å². The molecule has 1 aliphatic heterocycles. The average Bonchev–Trinajstić information content (AvgIpc) is 3.44. The molecule has 0 saturated carbocycles. The third-order valence-corrected chi connectivity index (χ3v) is 6.98. The molecule has 0 spiro atoms. The van der Waals surface area contributed by atoms with Crippen LogP contribution in [0.4, 0.5) is 11.5 Å². The molecule has 0 unspecified atom stereocenters. The summed E-state index contributed by atoms with van der Waals surface area (Å²) in [6.45, 7) is 4.39. The highest BCUT2D eigenvalue weighted by Crippen LogP contribution is 2.39. The molecular formula is C22H23N4O2S2+. The zero-order valence-corrected chi connectivity index (χ0v) is 18.3. The van der Waals surface area contributed by atoms with Crippen LogP contribution in [0.5, 0.6) is 5.75 Å². The maximum Gasteiger partial charge on any atom is 0.187 e. The number of thiophene rings is 2. The van der Waals surface area contributed by atoms with Crippen LogP contribution in [-0.4, -0.2) is 43.4 Å². The topological polar surface area (TPSA) is 60.7 Å². The molecule has 30 heavy (non-hydrogen) atoms. The molecule has 2 N–H and O–H groups in total. The Morgan fingerprint density at radius 1 is 1.13 bits per heavy atom. The van der Waals surface area contributed by atoms with Gasteiger partial charge in [-0.15, -0.1) is 22.7 Å². The quantitative estimate of drug-likeness (QED) is 0.481. The van der Waals surface area contributed by atoms with Crippen LogP contribution in [0.2, 0.25) is 0 Å². The normalized spacial score (nSPS) is 14.8. The third kappa shape index (κ3) is 4.04. The van der Waals surface area contributed by atoms with Crippen LogP contribution in [0.25, 0.3) is 20.7 Å². The van der Waals surface area contributed by atoms with Gasteiger partial charge in [0.05, 0.1) is 25.7 Å². The summed E-state index contributed by atoms with van der Waals surface area (Å²) in [5.74, 6) is 2.53. The van der Waals surface area contributed by atoms with E-state index in [1.807, 2.05) is 24.3 Å². The number of nitrogens with zero attached hydrogens (tertiary/aromatic N) is 2. The number of hydrogen-bond donors (Lipinski definition) is 2. The molecular weight excluding hydrogens is 416 g/mol. The minimum atomic E-state index is 0.800. The lowest BCUT2D eigenvalue weighted by atomic mass is 10.2. The van der Waals surface area contributed by atoms with E-state index < -0.39 is 0 Å². The monoisotopic (exact) mass is 439 g/mol. The van der Waals surface area contributed by atoms with E-state index >= 15 is 0 Å². The molecule has 0 bridgehead atoms. The number of fused-ring (bicyclic) bond motifs is 1. The van der Waals surface area contributed by atoms with E-state index in [0.717, 1.165) is 66.1 Å². The summed E-state index contributed by atoms with van der Waals surface area (Å²) in [5, 5.41) is 8.90. The minimum absolute atomic E-state index is 0.800. The predicted molar refractivity (Wildman–Crippen MR) is 122 cm³/mol. The van der Waals surface area contributed by atoms with Crippen molar-refractivity contribution in [3.05, 3.63) is 53.0 Å². The number of nitrogens with one attached hydrogen (secondary N) is 2. The summed E-state index contributed by atoms with van der Waals surface area (Å²) in [4.78, 5) is 13.6. The van der Waals surface area contributed by atoms with Gasteiger partial charge in [-0.05, 0) is 23.6 Å². The second-order valence-electron chi connectivity index (χ2n) is 7.19. The summed E-state index contributed by atoms with van der Waals surface area (Å²) < 4.78 is 10.9. The van der Waals surface area contributed by atoms with Gasteiger partial charge in [0, 0.05) is 27.6 Å². The van der Waals surface area contributed by atoms with Gasteiger partial charge in [-0.2, -0.15) is 0 Å². The van der Waals surface area contributed by atoms with Crippen LogP contribution in [0.3, 0.4) is 0 Å². The van der Waals surface area contributed by atoms with Crippen LogP contribution < -0.4 is 15.0 Å². The van der Waals surface area contributed by atoms with E-state index in [0.29, 0.717) is 0 Å². The molecule has 0 amide bonds. The summed E-state index contributed by atoms with van der Waals surface area (Å²) >= 11 is 3.41. The van der Waals surface area contributed by atoms with Gasteiger partial charge in [-0.1, -0.05) is 12.1 Å². The lowest BCUT2D eigenvalue weighted by molar-refractivity contribution is -0.922. The largest absolute Gasteiger partial charge is 0.497 e. The van der Waals surface area contributed by atoms with Crippen molar-refractivity contribution in [1.29, 1.82) is 0 Å². The van der Waals surface area contributed by atoms with Crippen molar-refractivity contribution in [2.45, 2.75) is 6.54 Å². The number of aromatic nitrogens is 2. The Morgan fingerprint density at radius 2 is 2.03 bits per heavy atom. The highest BCUT2D eigenvalue weighted by atomic mass is 32.1. The molecule has 0 radical (unpaired) electrons. The van der Waals surface area contributed by atoms with E-state index in [4.69, 9.17) is 19.4 Å². The van der Waals surface area contributed by atoms with E-state index in [9.17, 15) is 0 Å². The average molecular weight is 440 g/mol. The number of methoxy groups -OCH3 is 1. The predicted octanol–water partition coefficient (Wildman–Crippen LogP) is 3.59. The summed E-state index contributed by atoms with van der Waals surface area (Å²) in [6.07, 6.45) is 0. The SMILES string of the molecule is COc1cccc(Nc2nc(C[NH+]3CCOCC3)nc3scc(-c4cccs4)c23)c1. The first-order valence-electron chi connectivity index (χ1n) is 9.94. The summed E-state index contributed by atoms with van der Waals surface area (Å²) in [5.41, 5.74) is 2.13. The fourth-order valence-electron chi connectivity index (χ4n) is 3.67. The van der Waals surface area contributed by atoms with Gasteiger partial charge in [0.25, 0.3) is 0 Å². The maximum atomic E-state index is 5.49. The Hall–Kier alpha value is -2.52. The molecule has 4 heterocycles. The number of rotatable bonds is 6. The number of ether oxygens (including phenoxy) is 2.